The molecule has 0 amide bonds. The van der Waals surface area contributed by atoms with Gasteiger partial charge in [-0.05, 0) is 13.3 Å². The van der Waals surface area contributed by atoms with Crippen molar-refractivity contribution >= 4 is 5.97 Å². The molecule has 6 heteroatoms. The minimum atomic E-state index is -0.986. The van der Waals surface area contributed by atoms with E-state index in [2.05, 4.69) is 10.4 Å². The second-order valence-corrected chi connectivity index (χ2v) is 4.78. The highest BCUT2D eigenvalue weighted by Crippen LogP contribution is 2.11. The second-order valence-electron chi connectivity index (χ2n) is 4.78. The van der Waals surface area contributed by atoms with Gasteiger partial charge in [0, 0.05) is 20.1 Å². The zero-order chi connectivity index (χ0) is 13.8. The summed E-state index contributed by atoms with van der Waals surface area (Å²) in [5.41, 5.74) is 0.0337. The molecule has 102 valence electrons. The number of hydrogen-bond donors (Lipinski definition) is 3. The Morgan fingerprint density at radius 2 is 2.28 bits per heavy atom. The molecule has 1 heterocycles. The van der Waals surface area contributed by atoms with E-state index >= 15 is 0 Å². The van der Waals surface area contributed by atoms with Crippen LogP contribution in [0.2, 0.25) is 0 Å². The molecule has 0 spiro atoms. The lowest BCUT2D eigenvalue weighted by atomic mass is 10.0. The molecule has 0 bridgehead atoms. The molecular formula is C12H21N3O3. The SMILES string of the molecule is CCCC(C)(O)CNCc1c(C(=O)O)cnn1C. The van der Waals surface area contributed by atoms with Crippen molar-refractivity contribution in [1.29, 1.82) is 0 Å². The number of carboxylic acid groups (broad SMARTS) is 1. The van der Waals surface area contributed by atoms with Crippen LogP contribution in [0.15, 0.2) is 6.20 Å². The average Bonchev–Trinajstić information content (AvgIpc) is 2.60. The third-order valence-electron chi connectivity index (χ3n) is 2.88. The predicted octanol–water partition coefficient (Wildman–Crippen LogP) is 0.759. The topological polar surface area (TPSA) is 87.4 Å². The number of aliphatic hydroxyl groups is 1. The van der Waals surface area contributed by atoms with E-state index < -0.39 is 11.6 Å². The maximum atomic E-state index is 11.0. The quantitative estimate of drug-likeness (QED) is 0.669. The Morgan fingerprint density at radius 3 is 2.83 bits per heavy atom. The van der Waals surface area contributed by atoms with Gasteiger partial charge in [-0.25, -0.2) is 4.79 Å². The van der Waals surface area contributed by atoms with Crippen LogP contribution in [0.4, 0.5) is 0 Å². The minimum absolute atomic E-state index is 0.195. The molecule has 0 aliphatic carbocycles. The summed E-state index contributed by atoms with van der Waals surface area (Å²) in [4.78, 5) is 11.0. The second kappa shape index (κ2) is 5.97. The average molecular weight is 255 g/mol. The van der Waals surface area contributed by atoms with Crippen LogP contribution in [0, 0.1) is 0 Å². The first-order valence-corrected chi connectivity index (χ1v) is 6.04. The van der Waals surface area contributed by atoms with Gasteiger partial charge in [-0.15, -0.1) is 0 Å². The highest BCUT2D eigenvalue weighted by molar-refractivity contribution is 5.88. The van der Waals surface area contributed by atoms with Crippen molar-refractivity contribution in [2.45, 2.75) is 38.8 Å². The van der Waals surface area contributed by atoms with Crippen molar-refractivity contribution in [1.82, 2.24) is 15.1 Å². The maximum absolute atomic E-state index is 11.0. The molecule has 1 rings (SSSR count). The standard InChI is InChI=1S/C12H21N3O3/c1-4-5-12(2,18)8-13-7-10-9(11(16)17)6-14-15(10)3/h6,13,18H,4-5,7-8H2,1-3H3,(H,16,17). The van der Waals surface area contributed by atoms with E-state index in [1.807, 2.05) is 6.92 Å². The molecule has 1 unspecified atom stereocenters. The van der Waals surface area contributed by atoms with Crippen molar-refractivity contribution in [2.24, 2.45) is 7.05 Å². The van der Waals surface area contributed by atoms with Crippen LogP contribution in [0.1, 0.15) is 42.7 Å². The summed E-state index contributed by atoms with van der Waals surface area (Å²) in [7, 11) is 1.70. The lowest BCUT2D eigenvalue weighted by Gasteiger charge is -2.23. The lowest BCUT2D eigenvalue weighted by molar-refractivity contribution is 0.0496. The maximum Gasteiger partial charge on any atom is 0.339 e. The van der Waals surface area contributed by atoms with Crippen LogP contribution >= 0.6 is 0 Å². The van der Waals surface area contributed by atoms with Crippen LogP contribution in [0.25, 0.3) is 0 Å². The fraction of sp³-hybridized carbons (Fsp3) is 0.667. The summed E-state index contributed by atoms with van der Waals surface area (Å²) in [6.07, 6.45) is 2.95. The van der Waals surface area contributed by atoms with Gasteiger partial charge in [0.15, 0.2) is 0 Å². The first kappa shape index (κ1) is 14.7. The molecule has 3 N–H and O–H groups in total. The number of carboxylic acids is 1. The molecule has 0 aromatic carbocycles. The zero-order valence-corrected chi connectivity index (χ0v) is 11.1. The summed E-state index contributed by atoms with van der Waals surface area (Å²) in [6.45, 7) is 4.58. The van der Waals surface area contributed by atoms with Gasteiger partial charge >= 0.3 is 5.97 Å². The van der Waals surface area contributed by atoms with Gasteiger partial charge in [-0.3, -0.25) is 4.68 Å². The van der Waals surface area contributed by atoms with E-state index in [1.165, 1.54) is 10.9 Å². The molecule has 1 aromatic heterocycles. The highest BCUT2D eigenvalue weighted by Gasteiger charge is 2.20. The van der Waals surface area contributed by atoms with Crippen molar-refractivity contribution < 1.29 is 15.0 Å². The summed E-state index contributed by atoms with van der Waals surface area (Å²) in [5, 5.41) is 26.0. The van der Waals surface area contributed by atoms with Gasteiger partial charge < -0.3 is 15.5 Å². The van der Waals surface area contributed by atoms with Crippen LogP contribution in [0.3, 0.4) is 0 Å². The number of aromatic nitrogens is 2. The van der Waals surface area contributed by atoms with Gasteiger partial charge in [0.25, 0.3) is 0 Å². The first-order valence-electron chi connectivity index (χ1n) is 6.04. The zero-order valence-electron chi connectivity index (χ0n) is 11.1. The normalized spacial score (nSPS) is 14.4. The Hall–Kier alpha value is -1.40. The number of carbonyl (C=O) groups is 1. The third kappa shape index (κ3) is 3.82. The Kier molecular flexibility index (Phi) is 4.86. The van der Waals surface area contributed by atoms with Crippen molar-refractivity contribution in [3.8, 4) is 0 Å². The van der Waals surface area contributed by atoms with Gasteiger partial charge in [-0.1, -0.05) is 13.3 Å². The van der Waals surface area contributed by atoms with Crippen molar-refractivity contribution in [3.05, 3.63) is 17.5 Å². The monoisotopic (exact) mass is 255 g/mol. The van der Waals surface area contributed by atoms with Crippen LogP contribution in [-0.2, 0) is 13.6 Å². The van der Waals surface area contributed by atoms with Crippen LogP contribution < -0.4 is 5.32 Å². The molecule has 0 fully saturated rings. The molecule has 6 nitrogen and oxygen atoms in total. The molecule has 18 heavy (non-hydrogen) atoms. The number of nitrogens with one attached hydrogen (secondary N) is 1. The molecule has 0 saturated heterocycles. The van der Waals surface area contributed by atoms with Gasteiger partial charge in [0.1, 0.15) is 5.56 Å². The third-order valence-corrected chi connectivity index (χ3v) is 2.88. The Bertz CT molecular complexity index is 413. The summed E-state index contributed by atoms with van der Waals surface area (Å²) in [5.74, 6) is -0.986. The number of rotatable bonds is 7. The molecule has 0 radical (unpaired) electrons. The number of aryl methyl sites for hydroxylation is 1. The van der Waals surface area contributed by atoms with E-state index in [-0.39, 0.29) is 5.56 Å². The van der Waals surface area contributed by atoms with E-state index in [0.29, 0.717) is 25.2 Å². The molecular weight excluding hydrogens is 234 g/mol. The minimum Gasteiger partial charge on any atom is -0.478 e. The van der Waals surface area contributed by atoms with Crippen LogP contribution in [-0.4, -0.2) is 38.1 Å². The Balaban J connectivity index is 2.59. The van der Waals surface area contributed by atoms with Crippen molar-refractivity contribution in [3.63, 3.8) is 0 Å². The summed E-state index contributed by atoms with van der Waals surface area (Å²) < 4.78 is 1.53. The van der Waals surface area contributed by atoms with E-state index in [9.17, 15) is 9.90 Å². The lowest BCUT2D eigenvalue weighted by Crippen LogP contribution is -2.37. The van der Waals surface area contributed by atoms with Gasteiger partial charge in [-0.2, -0.15) is 5.10 Å². The molecule has 1 atom stereocenters. The smallest absolute Gasteiger partial charge is 0.339 e. The number of aromatic carboxylic acids is 1. The first-order chi connectivity index (χ1) is 8.37. The molecule has 0 aliphatic rings. The molecule has 0 saturated carbocycles. The van der Waals surface area contributed by atoms with Crippen molar-refractivity contribution in [2.75, 3.05) is 6.54 Å². The fourth-order valence-electron chi connectivity index (χ4n) is 1.93. The van der Waals surface area contributed by atoms with Gasteiger partial charge in [0.05, 0.1) is 17.5 Å². The van der Waals surface area contributed by atoms with E-state index in [0.717, 1.165) is 6.42 Å². The van der Waals surface area contributed by atoms with Crippen LogP contribution in [0.5, 0.6) is 0 Å². The summed E-state index contributed by atoms with van der Waals surface area (Å²) >= 11 is 0. The molecule has 1 aromatic rings. The van der Waals surface area contributed by atoms with Gasteiger partial charge in [0.2, 0.25) is 0 Å². The Labute approximate surface area is 107 Å². The highest BCUT2D eigenvalue weighted by atomic mass is 16.4. The van der Waals surface area contributed by atoms with E-state index in [4.69, 9.17) is 5.11 Å². The molecule has 0 aliphatic heterocycles. The predicted molar refractivity (Wildman–Crippen MR) is 67.4 cm³/mol. The largest absolute Gasteiger partial charge is 0.478 e. The number of hydrogen-bond acceptors (Lipinski definition) is 4. The number of nitrogens with zero attached hydrogens (tertiary/aromatic N) is 2. The Morgan fingerprint density at radius 1 is 1.61 bits per heavy atom. The fourth-order valence-corrected chi connectivity index (χ4v) is 1.93. The summed E-state index contributed by atoms with van der Waals surface area (Å²) in [6, 6.07) is 0. The van der Waals surface area contributed by atoms with E-state index in [1.54, 1.807) is 14.0 Å².